The maximum Gasteiger partial charge on any atom is 0.339 e. The minimum absolute atomic E-state index is 0.133. The maximum atomic E-state index is 13.7. The molecule has 5 nitrogen and oxygen atoms in total. The number of hydrogen-bond donors (Lipinski definition) is 2. The molecule has 3 aromatic rings. The van der Waals surface area contributed by atoms with Crippen molar-refractivity contribution in [3.05, 3.63) is 87.4 Å². The van der Waals surface area contributed by atoms with Crippen LogP contribution < -0.4 is 4.90 Å². The van der Waals surface area contributed by atoms with Gasteiger partial charge in [-0.3, -0.25) is 9.69 Å². The summed E-state index contributed by atoms with van der Waals surface area (Å²) in [5.41, 5.74) is 4.95. The number of aromatic hydroxyl groups is 1. The number of carboxylic acids is 1. The minimum atomic E-state index is -1.23. The molecule has 0 saturated heterocycles. The van der Waals surface area contributed by atoms with Gasteiger partial charge in [0.1, 0.15) is 11.3 Å². The lowest BCUT2D eigenvalue weighted by Crippen LogP contribution is -2.25. The fraction of sp³-hybridized carbons (Fsp3) is 0.231. The van der Waals surface area contributed by atoms with Crippen LogP contribution in [-0.4, -0.2) is 22.1 Å². The molecule has 1 heterocycles. The van der Waals surface area contributed by atoms with Gasteiger partial charge in [0.25, 0.3) is 0 Å². The molecule has 164 valence electrons. The molecule has 1 aliphatic heterocycles. The molecular formula is C26H24ClNO4. The number of halogens is 1. The number of anilines is 2. The maximum absolute atomic E-state index is 13.7. The molecule has 0 spiro atoms. The van der Waals surface area contributed by atoms with Gasteiger partial charge < -0.3 is 10.2 Å². The molecule has 0 aliphatic carbocycles. The van der Waals surface area contributed by atoms with E-state index in [2.05, 4.69) is 13.8 Å². The summed E-state index contributed by atoms with van der Waals surface area (Å²) in [6.45, 7) is 6.18. The van der Waals surface area contributed by atoms with Gasteiger partial charge >= 0.3 is 5.97 Å². The summed E-state index contributed by atoms with van der Waals surface area (Å²) in [6, 6.07) is 15.7. The smallest absolute Gasteiger partial charge is 0.339 e. The van der Waals surface area contributed by atoms with Crippen LogP contribution in [0.1, 0.15) is 58.3 Å². The molecule has 0 fully saturated rings. The van der Waals surface area contributed by atoms with E-state index in [-0.39, 0.29) is 23.1 Å². The first kappa shape index (κ1) is 21.9. The minimum Gasteiger partial charge on any atom is -0.507 e. The van der Waals surface area contributed by atoms with Gasteiger partial charge in [-0.2, -0.15) is 0 Å². The number of rotatable bonds is 5. The molecule has 1 unspecified atom stereocenters. The van der Waals surface area contributed by atoms with Crippen LogP contribution in [0.4, 0.5) is 11.4 Å². The van der Waals surface area contributed by atoms with Crippen molar-refractivity contribution in [2.45, 2.75) is 39.0 Å². The molecule has 0 saturated carbocycles. The van der Waals surface area contributed by atoms with Gasteiger partial charge in [-0.1, -0.05) is 49.7 Å². The molecule has 32 heavy (non-hydrogen) atoms. The van der Waals surface area contributed by atoms with Gasteiger partial charge in [-0.15, -0.1) is 0 Å². The summed E-state index contributed by atoms with van der Waals surface area (Å²) in [4.78, 5) is 26.6. The third-order valence-electron chi connectivity index (χ3n) is 6.06. The molecule has 1 aliphatic rings. The van der Waals surface area contributed by atoms with Crippen LogP contribution in [0.2, 0.25) is 5.02 Å². The molecular weight excluding hydrogens is 426 g/mol. The van der Waals surface area contributed by atoms with Gasteiger partial charge in [-0.05, 0) is 65.8 Å². The van der Waals surface area contributed by atoms with Crippen molar-refractivity contribution < 1.29 is 19.8 Å². The van der Waals surface area contributed by atoms with E-state index >= 15 is 0 Å². The zero-order chi connectivity index (χ0) is 23.2. The number of fused-ring (bicyclic) bond motifs is 1. The van der Waals surface area contributed by atoms with Gasteiger partial charge in [0.05, 0.1) is 17.3 Å². The van der Waals surface area contributed by atoms with Gasteiger partial charge in [-0.25, -0.2) is 4.79 Å². The van der Waals surface area contributed by atoms with E-state index in [9.17, 15) is 19.8 Å². The van der Waals surface area contributed by atoms with Crippen molar-refractivity contribution in [2.75, 3.05) is 4.90 Å². The predicted octanol–water partition coefficient (Wildman–Crippen LogP) is 6.18. The quantitative estimate of drug-likeness (QED) is 0.487. The molecule has 0 radical (unpaired) electrons. The highest BCUT2D eigenvalue weighted by molar-refractivity contribution is 6.31. The van der Waals surface area contributed by atoms with Crippen LogP contribution in [0.3, 0.4) is 0 Å². The number of phenols is 1. The zero-order valence-corrected chi connectivity index (χ0v) is 18.8. The Morgan fingerprint density at radius 3 is 2.50 bits per heavy atom. The van der Waals surface area contributed by atoms with E-state index in [0.29, 0.717) is 17.1 Å². The van der Waals surface area contributed by atoms with E-state index in [4.69, 9.17) is 11.6 Å². The van der Waals surface area contributed by atoms with Gasteiger partial charge in [0.2, 0.25) is 5.91 Å². The third-order valence-corrected chi connectivity index (χ3v) is 6.42. The van der Waals surface area contributed by atoms with Crippen molar-refractivity contribution in [1.29, 1.82) is 0 Å². The number of carbonyl (C=O) groups excluding carboxylic acids is 1. The largest absolute Gasteiger partial charge is 0.507 e. The topological polar surface area (TPSA) is 77.8 Å². The monoisotopic (exact) mass is 449 g/mol. The van der Waals surface area contributed by atoms with Crippen molar-refractivity contribution in [3.63, 3.8) is 0 Å². The number of carbonyl (C=O) groups is 2. The number of aromatic carboxylic acids is 1. The summed E-state index contributed by atoms with van der Waals surface area (Å²) in [6.07, 6.45) is 0.458. The van der Waals surface area contributed by atoms with Crippen LogP contribution >= 0.6 is 11.6 Å². The Hall–Kier alpha value is -3.31. The lowest BCUT2D eigenvalue weighted by Gasteiger charge is -2.20. The van der Waals surface area contributed by atoms with E-state index in [1.54, 1.807) is 11.0 Å². The van der Waals surface area contributed by atoms with E-state index < -0.39 is 11.9 Å². The summed E-state index contributed by atoms with van der Waals surface area (Å²) < 4.78 is 0. The molecule has 0 bridgehead atoms. The Balaban J connectivity index is 1.82. The summed E-state index contributed by atoms with van der Waals surface area (Å²) in [7, 11) is 0. The number of amides is 1. The molecule has 1 atom stereocenters. The molecule has 6 heteroatoms. The van der Waals surface area contributed by atoms with Crippen LogP contribution in [0.15, 0.2) is 54.6 Å². The molecule has 2 N–H and O–H groups in total. The predicted molar refractivity (Wildman–Crippen MR) is 125 cm³/mol. The van der Waals surface area contributed by atoms with Gasteiger partial charge in [0, 0.05) is 11.1 Å². The second-order valence-electron chi connectivity index (χ2n) is 8.41. The number of aryl methyl sites for hydroxylation is 1. The summed E-state index contributed by atoms with van der Waals surface area (Å²) >= 11 is 6.57. The first-order chi connectivity index (χ1) is 15.2. The fourth-order valence-electron chi connectivity index (χ4n) is 4.54. The Bertz CT molecular complexity index is 1230. The van der Waals surface area contributed by atoms with Crippen LogP contribution in [0.25, 0.3) is 0 Å². The molecule has 1 amide bonds. The second kappa shape index (κ2) is 8.32. The SMILES string of the molecule is Cc1cccc2c1C(Cc1c(Cl)cccc1C(C)C)C(=O)N2c1ccc(C(=O)O)c(O)c1. The highest BCUT2D eigenvalue weighted by Crippen LogP contribution is 2.46. The van der Waals surface area contributed by atoms with E-state index in [0.717, 1.165) is 27.9 Å². The number of nitrogens with zero attached hydrogens (tertiary/aromatic N) is 1. The molecule has 0 aromatic heterocycles. The summed E-state index contributed by atoms with van der Waals surface area (Å²) in [5, 5.41) is 20.1. The number of benzene rings is 3. The molecule has 3 aromatic carbocycles. The third kappa shape index (κ3) is 3.63. The van der Waals surface area contributed by atoms with E-state index in [1.165, 1.54) is 12.1 Å². The Labute approximate surface area is 191 Å². The number of hydrogen-bond acceptors (Lipinski definition) is 3. The van der Waals surface area contributed by atoms with E-state index in [1.807, 2.05) is 43.3 Å². The summed E-state index contributed by atoms with van der Waals surface area (Å²) in [5.74, 6) is -1.92. The van der Waals surface area contributed by atoms with Crippen molar-refractivity contribution in [3.8, 4) is 5.75 Å². The Morgan fingerprint density at radius 2 is 1.84 bits per heavy atom. The molecule has 4 rings (SSSR count). The van der Waals surface area contributed by atoms with Crippen molar-refractivity contribution in [1.82, 2.24) is 0 Å². The first-order valence-corrected chi connectivity index (χ1v) is 10.9. The lowest BCUT2D eigenvalue weighted by molar-refractivity contribution is -0.118. The average Bonchev–Trinajstić information content (AvgIpc) is 3.01. The normalized spacial score (nSPS) is 15.3. The highest BCUT2D eigenvalue weighted by atomic mass is 35.5. The second-order valence-corrected chi connectivity index (χ2v) is 8.81. The zero-order valence-electron chi connectivity index (χ0n) is 18.1. The van der Waals surface area contributed by atoms with Crippen molar-refractivity contribution >= 4 is 34.9 Å². The first-order valence-electron chi connectivity index (χ1n) is 10.5. The standard InChI is InChI=1S/C26H24ClNO4/c1-14(2)17-7-5-8-21(27)19(17)13-20-24-15(3)6-4-9-22(24)28(25(20)30)16-10-11-18(26(31)32)23(29)12-16/h4-12,14,20,29H,13H2,1-3H3,(H,31,32). The lowest BCUT2D eigenvalue weighted by atomic mass is 9.86. The average molecular weight is 450 g/mol. The van der Waals surface area contributed by atoms with Crippen molar-refractivity contribution in [2.24, 2.45) is 0 Å². The number of carboxylic acid groups (broad SMARTS) is 1. The Morgan fingerprint density at radius 1 is 1.12 bits per heavy atom. The van der Waals surface area contributed by atoms with Crippen LogP contribution in [-0.2, 0) is 11.2 Å². The highest BCUT2D eigenvalue weighted by Gasteiger charge is 2.40. The van der Waals surface area contributed by atoms with Gasteiger partial charge in [0.15, 0.2) is 0 Å². The van der Waals surface area contributed by atoms with Crippen LogP contribution in [0, 0.1) is 6.92 Å². The van der Waals surface area contributed by atoms with Crippen LogP contribution in [0.5, 0.6) is 5.75 Å². The Kier molecular flexibility index (Phi) is 5.70. The fourth-order valence-corrected chi connectivity index (χ4v) is 4.80.